The molecule has 0 fully saturated rings. The number of H-pyrrole nitrogens is 1. The molecule has 1 aliphatic heterocycles. The Morgan fingerprint density at radius 3 is 2.79 bits per heavy atom. The third kappa shape index (κ3) is 2.35. The van der Waals surface area contributed by atoms with Crippen LogP contribution >= 0.6 is 11.3 Å². The van der Waals surface area contributed by atoms with Gasteiger partial charge in [0.2, 0.25) is 0 Å². The molecule has 126 valence electrons. The summed E-state index contributed by atoms with van der Waals surface area (Å²) < 4.78 is 33.2. The lowest BCUT2D eigenvalue weighted by Gasteiger charge is -2.25. The first-order chi connectivity index (χ1) is 11.5. The first-order valence-electron chi connectivity index (χ1n) is 7.73. The first-order valence-corrected chi connectivity index (χ1v) is 9.99. The number of methoxy groups -OCH3 is 1. The monoisotopic (exact) mass is 362 g/mol. The molecule has 4 rings (SSSR count). The van der Waals surface area contributed by atoms with Gasteiger partial charge in [-0.3, -0.25) is 0 Å². The molecule has 2 aromatic heterocycles. The number of aryl methyl sites for hydroxylation is 1. The number of sulfonamides is 1. The normalized spacial score (nSPS) is 15.6. The summed E-state index contributed by atoms with van der Waals surface area (Å²) in [6, 6.07) is 9.41. The van der Waals surface area contributed by atoms with Gasteiger partial charge in [-0.1, -0.05) is 12.1 Å². The van der Waals surface area contributed by atoms with E-state index < -0.39 is 10.0 Å². The van der Waals surface area contributed by atoms with Crippen LogP contribution in [0.3, 0.4) is 0 Å². The van der Waals surface area contributed by atoms with E-state index in [0.717, 1.165) is 32.8 Å². The van der Waals surface area contributed by atoms with Gasteiger partial charge in [0.25, 0.3) is 10.0 Å². The van der Waals surface area contributed by atoms with Crippen molar-refractivity contribution in [1.82, 2.24) is 9.29 Å². The Kier molecular flexibility index (Phi) is 3.67. The molecule has 3 heterocycles. The van der Waals surface area contributed by atoms with Crippen LogP contribution in [-0.4, -0.2) is 31.4 Å². The van der Waals surface area contributed by atoms with E-state index in [0.29, 0.717) is 23.7 Å². The number of aromatic amines is 1. The second kappa shape index (κ2) is 5.61. The molecule has 0 saturated heterocycles. The molecule has 0 radical (unpaired) electrons. The van der Waals surface area contributed by atoms with E-state index in [9.17, 15) is 8.42 Å². The van der Waals surface area contributed by atoms with Crippen molar-refractivity contribution >= 4 is 32.3 Å². The number of nitrogens with zero attached hydrogens (tertiary/aromatic N) is 1. The minimum absolute atomic E-state index is 0.391. The van der Waals surface area contributed by atoms with Crippen LogP contribution in [0.2, 0.25) is 0 Å². The Morgan fingerprint density at radius 1 is 1.25 bits per heavy atom. The highest BCUT2D eigenvalue weighted by atomic mass is 32.2. The van der Waals surface area contributed by atoms with Crippen LogP contribution in [-0.2, 0) is 23.0 Å². The van der Waals surface area contributed by atoms with Gasteiger partial charge in [-0.25, -0.2) is 8.42 Å². The summed E-state index contributed by atoms with van der Waals surface area (Å²) in [5.41, 5.74) is 3.09. The molecule has 3 aromatic rings. The van der Waals surface area contributed by atoms with Crippen molar-refractivity contribution in [2.24, 2.45) is 0 Å². The van der Waals surface area contributed by atoms with Gasteiger partial charge in [0.1, 0.15) is 9.96 Å². The number of ether oxygens (including phenoxy) is 1. The molecular formula is C17H18N2O3S2. The summed E-state index contributed by atoms with van der Waals surface area (Å²) >= 11 is 1.32. The lowest BCUT2D eigenvalue weighted by molar-refractivity contribution is 0.392. The maximum atomic E-state index is 12.9. The predicted molar refractivity (Wildman–Crippen MR) is 95.2 cm³/mol. The number of hydrogen-bond acceptors (Lipinski definition) is 4. The standard InChI is InChI=1S/C17H18N2O3S2/c1-11-6-7-16(23-11)24(20,21)19-9-8-14-13(10-19)12-4-3-5-15(22-2)17(12)18-14/h3-7,18H,8-10H2,1-2H3. The molecule has 0 spiro atoms. The van der Waals surface area contributed by atoms with Crippen LogP contribution in [0.15, 0.2) is 34.5 Å². The fraction of sp³-hybridized carbons (Fsp3) is 0.294. The van der Waals surface area contributed by atoms with Crippen molar-refractivity contribution in [2.45, 2.75) is 24.1 Å². The van der Waals surface area contributed by atoms with Crippen LogP contribution < -0.4 is 4.74 Å². The lowest BCUT2D eigenvalue weighted by Crippen LogP contribution is -2.35. The second-order valence-corrected chi connectivity index (χ2v) is 9.37. The van der Waals surface area contributed by atoms with Crippen molar-refractivity contribution in [3.63, 3.8) is 0 Å². The molecule has 5 nitrogen and oxygen atoms in total. The Labute approximate surface area is 144 Å². The third-order valence-corrected chi connectivity index (χ3v) is 7.78. The largest absolute Gasteiger partial charge is 0.495 e. The molecule has 1 aromatic carbocycles. The van der Waals surface area contributed by atoms with Crippen LogP contribution in [0.5, 0.6) is 5.75 Å². The molecule has 24 heavy (non-hydrogen) atoms. The number of para-hydroxylation sites is 1. The molecular weight excluding hydrogens is 344 g/mol. The number of thiophene rings is 1. The number of rotatable bonds is 3. The average molecular weight is 362 g/mol. The van der Waals surface area contributed by atoms with Gasteiger partial charge < -0.3 is 9.72 Å². The Balaban J connectivity index is 1.76. The number of fused-ring (bicyclic) bond motifs is 3. The Morgan fingerprint density at radius 2 is 2.08 bits per heavy atom. The minimum atomic E-state index is -3.44. The fourth-order valence-electron chi connectivity index (χ4n) is 3.24. The van der Waals surface area contributed by atoms with Gasteiger partial charge in [0, 0.05) is 35.5 Å². The summed E-state index contributed by atoms with van der Waals surface area (Å²) in [6.07, 6.45) is 0.677. The Hall–Kier alpha value is -1.83. The van der Waals surface area contributed by atoms with Gasteiger partial charge in [0.15, 0.2) is 0 Å². The smallest absolute Gasteiger partial charge is 0.252 e. The van der Waals surface area contributed by atoms with E-state index in [2.05, 4.69) is 4.98 Å². The molecule has 0 atom stereocenters. The highest BCUT2D eigenvalue weighted by Crippen LogP contribution is 2.35. The molecule has 0 unspecified atom stereocenters. The minimum Gasteiger partial charge on any atom is -0.495 e. The SMILES string of the molecule is COc1cccc2c3c([nH]c12)CCN(S(=O)(=O)c1ccc(C)s1)C3. The fourth-order valence-corrected chi connectivity index (χ4v) is 6.09. The summed E-state index contributed by atoms with van der Waals surface area (Å²) in [7, 11) is -1.80. The van der Waals surface area contributed by atoms with Crippen molar-refractivity contribution in [2.75, 3.05) is 13.7 Å². The van der Waals surface area contributed by atoms with Crippen molar-refractivity contribution in [1.29, 1.82) is 0 Å². The maximum Gasteiger partial charge on any atom is 0.252 e. The van der Waals surface area contributed by atoms with Gasteiger partial charge in [-0.2, -0.15) is 4.31 Å². The zero-order valence-electron chi connectivity index (χ0n) is 13.5. The zero-order valence-corrected chi connectivity index (χ0v) is 15.1. The molecule has 0 aliphatic carbocycles. The second-order valence-electron chi connectivity index (χ2n) is 5.92. The van der Waals surface area contributed by atoms with E-state index >= 15 is 0 Å². The van der Waals surface area contributed by atoms with Gasteiger partial charge in [-0.15, -0.1) is 11.3 Å². The predicted octanol–water partition coefficient (Wildman–Crippen LogP) is 3.29. The first kappa shape index (κ1) is 15.7. The van der Waals surface area contributed by atoms with E-state index in [1.807, 2.05) is 31.2 Å². The summed E-state index contributed by atoms with van der Waals surface area (Å²) in [6.45, 7) is 2.80. The van der Waals surface area contributed by atoms with Gasteiger partial charge in [-0.05, 0) is 30.7 Å². The molecule has 1 aliphatic rings. The molecule has 0 bridgehead atoms. The van der Waals surface area contributed by atoms with Crippen molar-refractivity contribution in [3.05, 3.63) is 46.5 Å². The molecule has 0 saturated carbocycles. The van der Waals surface area contributed by atoms with Crippen LogP contribution in [0.25, 0.3) is 10.9 Å². The summed E-state index contributed by atoms with van der Waals surface area (Å²) in [4.78, 5) is 4.41. The van der Waals surface area contributed by atoms with Crippen LogP contribution in [0.1, 0.15) is 16.1 Å². The van der Waals surface area contributed by atoms with Crippen molar-refractivity contribution < 1.29 is 13.2 Å². The Bertz CT molecular complexity index is 1020. The highest BCUT2D eigenvalue weighted by Gasteiger charge is 2.31. The molecule has 0 amide bonds. The van der Waals surface area contributed by atoms with E-state index in [-0.39, 0.29) is 0 Å². The topological polar surface area (TPSA) is 62.4 Å². The number of hydrogen-bond donors (Lipinski definition) is 1. The quantitative estimate of drug-likeness (QED) is 0.778. The molecule has 7 heteroatoms. The number of aromatic nitrogens is 1. The molecule has 1 N–H and O–H groups in total. The van der Waals surface area contributed by atoms with Gasteiger partial charge in [0.05, 0.1) is 12.6 Å². The summed E-state index contributed by atoms with van der Waals surface area (Å²) in [5, 5.41) is 1.03. The van der Waals surface area contributed by atoms with Gasteiger partial charge >= 0.3 is 0 Å². The average Bonchev–Trinajstić information content (AvgIpc) is 3.17. The van der Waals surface area contributed by atoms with Crippen molar-refractivity contribution in [3.8, 4) is 5.75 Å². The van der Waals surface area contributed by atoms with E-state index in [4.69, 9.17) is 4.74 Å². The van der Waals surface area contributed by atoms with E-state index in [1.54, 1.807) is 17.5 Å². The number of nitrogens with one attached hydrogen (secondary N) is 1. The summed E-state index contributed by atoms with van der Waals surface area (Å²) in [5.74, 6) is 0.783. The van der Waals surface area contributed by atoms with E-state index in [1.165, 1.54) is 11.3 Å². The lowest BCUT2D eigenvalue weighted by atomic mass is 10.1. The highest BCUT2D eigenvalue weighted by molar-refractivity contribution is 7.91. The number of benzene rings is 1. The van der Waals surface area contributed by atoms with Crippen LogP contribution in [0.4, 0.5) is 0 Å². The zero-order chi connectivity index (χ0) is 16.9. The third-order valence-electron chi connectivity index (χ3n) is 4.47. The maximum absolute atomic E-state index is 12.9. The van der Waals surface area contributed by atoms with Crippen LogP contribution in [0, 0.1) is 6.92 Å².